The zero-order valence-corrected chi connectivity index (χ0v) is 38.6. The van der Waals surface area contributed by atoms with Crippen molar-refractivity contribution in [1.82, 2.24) is 5.32 Å². The molecule has 58 heavy (non-hydrogen) atoms. The van der Waals surface area contributed by atoms with E-state index in [4.69, 9.17) is 13.8 Å². The number of hydrogen-bond acceptors (Lipinski definition) is 7. The van der Waals surface area contributed by atoms with Crippen molar-refractivity contribution in [3.05, 3.63) is 24.3 Å². The van der Waals surface area contributed by atoms with Gasteiger partial charge in [-0.05, 0) is 44.9 Å². The molecule has 0 saturated carbocycles. The fraction of sp³-hybridized carbons (Fsp3) is 0.875. The van der Waals surface area contributed by atoms with E-state index in [0.29, 0.717) is 6.42 Å². The van der Waals surface area contributed by atoms with Gasteiger partial charge >= 0.3 is 13.8 Å². The van der Waals surface area contributed by atoms with E-state index in [0.717, 1.165) is 44.9 Å². The van der Waals surface area contributed by atoms with Crippen molar-refractivity contribution < 1.29 is 37.9 Å². The van der Waals surface area contributed by atoms with Crippen LogP contribution in [0, 0.1) is 0 Å². The Balaban J connectivity index is 3.54. The molecule has 2 atom stereocenters. The zero-order valence-electron chi connectivity index (χ0n) is 37.8. The maximum Gasteiger partial charge on any atom is 0.472 e. The standard InChI is InChI=1S/C48H92NO8P/c1-3-5-7-9-11-13-15-17-19-21-22-23-24-25-27-29-31-33-35-37-39-41-48(52)55-44-46(50)45-57-58(53,54)56-43-42-49-47(51)40-38-36-34-32-30-28-26-20-18-16-14-12-10-8-6-4-2/h11,13,17,19,46,50H,3-10,12,14-16,18,20-45H2,1-2H3,(H,49,51)(H,53,54)/b13-11-,19-17-. The summed E-state index contributed by atoms with van der Waals surface area (Å²) in [6, 6.07) is 0. The fourth-order valence-electron chi connectivity index (χ4n) is 6.94. The minimum atomic E-state index is -4.42. The average Bonchev–Trinajstić information content (AvgIpc) is 3.21. The Morgan fingerprint density at radius 1 is 0.534 bits per heavy atom. The maximum absolute atomic E-state index is 12.1. The zero-order chi connectivity index (χ0) is 42.5. The second kappa shape index (κ2) is 45.0. The van der Waals surface area contributed by atoms with Crippen LogP contribution in [0.4, 0.5) is 0 Å². The highest BCUT2D eigenvalue weighted by Crippen LogP contribution is 2.42. The summed E-state index contributed by atoms with van der Waals surface area (Å²) in [6.45, 7) is 3.57. The fourth-order valence-corrected chi connectivity index (χ4v) is 7.70. The molecule has 0 aliphatic heterocycles. The molecule has 0 saturated heterocycles. The van der Waals surface area contributed by atoms with E-state index in [2.05, 4.69) is 43.5 Å². The Kier molecular flexibility index (Phi) is 43.9. The average molecular weight is 842 g/mol. The normalized spacial score (nSPS) is 13.4. The van der Waals surface area contributed by atoms with Gasteiger partial charge in [-0.2, -0.15) is 0 Å². The predicted molar refractivity (Wildman–Crippen MR) is 243 cm³/mol. The highest BCUT2D eigenvalue weighted by molar-refractivity contribution is 7.47. The minimum Gasteiger partial charge on any atom is -0.463 e. The molecule has 0 fully saturated rings. The van der Waals surface area contributed by atoms with E-state index in [-0.39, 0.29) is 32.1 Å². The summed E-state index contributed by atoms with van der Waals surface area (Å²) < 4.78 is 27.0. The summed E-state index contributed by atoms with van der Waals surface area (Å²) in [5.41, 5.74) is 0. The molecule has 0 radical (unpaired) electrons. The number of allylic oxidation sites excluding steroid dienone is 4. The first kappa shape index (κ1) is 56.5. The Bertz CT molecular complexity index is 1010. The van der Waals surface area contributed by atoms with Gasteiger partial charge in [0.1, 0.15) is 12.7 Å². The van der Waals surface area contributed by atoms with Crippen LogP contribution in [0.2, 0.25) is 0 Å². The van der Waals surface area contributed by atoms with E-state index < -0.39 is 26.5 Å². The van der Waals surface area contributed by atoms with Crippen molar-refractivity contribution in [3.63, 3.8) is 0 Å². The molecule has 2 unspecified atom stereocenters. The lowest BCUT2D eigenvalue weighted by Gasteiger charge is -2.15. The van der Waals surface area contributed by atoms with Gasteiger partial charge in [0, 0.05) is 19.4 Å². The number of phosphoric ester groups is 1. The summed E-state index contributed by atoms with van der Waals surface area (Å²) in [7, 11) is -4.42. The molecule has 0 aromatic carbocycles. The third kappa shape index (κ3) is 45.6. The smallest absolute Gasteiger partial charge is 0.463 e. The van der Waals surface area contributed by atoms with E-state index >= 15 is 0 Å². The Labute approximate surface area is 357 Å². The van der Waals surface area contributed by atoms with Gasteiger partial charge in [-0.15, -0.1) is 0 Å². The topological polar surface area (TPSA) is 131 Å². The van der Waals surface area contributed by atoms with Gasteiger partial charge in [0.05, 0.1) is 13.2 Å². The van der Waals surface area contributed by atoms with Crippen LogP contribution in [0.1, 0.15) is 239 Å². The molecule has 0 bridgehead atoms. The van der Waals surface area contributed by atoms with Crippen LogP contribution < -0.4 is 5.32 Å². The summed E-state index contributed by atoms with van der Waals surface area (Å²) in [5, 5.41) is 12.7. The van der Waals surface area contributed by atoms with Crippen molar-refractivity contribution in [2.24, 2.45) is 0 Å². The van der Waals surface area contributed by atoms with Crippen LogP contribution in [-0.2, 0) is 27.9 Å². The van der Waals surface area contributed by atoms with Gasteiger partial charge in [-0.3, -0.25) is 18.6 Å². The van der Waals surface area contributed by atoms with E-state index in [1.165, 1.54) is 167 Å². The molecular weight excluding hydrogens is 750 g/mol. The molecule has 0 aliphatic rings. The van der Waals surface area contributed by atoms with Crippen LogP contribution in [0.25, 0.3) is 0 Å². The molecule has 0 aliphatic carbocycles. The third-order valence-corrected chi connectivity index (χ3v) is 11.6. The molecule has 10 heteroatoms. The number of carbonyl (C=O) groups is 2. The van der Waals surface area contributed by atoms with E-state index in [1.54, 1.807) is 0 Å². The number of hydrogen-bond donors (Lipinski definition) is 3. The minimum absolute atomic E-state index is 0.0856. The second-order valence-corrected chi connectivity index (χ2v) is 17.9. The van der Waals surface area contributed by atoms with Crippen LogP contribution in [0.15, 0.2) is 24.3 Å². The molecular formula is C48H92NO8P. The lowest BCUT2D eigenvalue weighted by atomic mass is 10.0. The summed E-state index contributed by atoms with van der Waals surface area (Å²) in [5.74, 6) is -0.509. The number of phosphoric acid groups is 1. The molecule has 0 spiro atoms. The molecule has 3 N–H and O–H groups in total. The maximum atomic E-state index is 12.1. The monoisotopic (exact) mass is 842 g/mol. The number of unbranched alkanes of at least 4 members (excludes halogenated alkanes) is 29. The molecule has 9 nitrogen and oxygen atoms in total. The number of aliphatic hydroxyl groups is 1. The van der Waals surface area contributed by atoms with Crippen LogP contribution in [0.5, 0.6) is 0 Å². The van der Waals surface area contributed by atoms with Gasteiger partial charge in [-0.25, -0.2) is 4.57 Å². The van der Waals surface area contributed by atoms with Crippen molar-refractivity contribution in [2.45, 2.75) is 245 Å². The van der Waals surface area contributed by atoms with Crippen LogP contribution in [0.3, 0.4) is 0 Å². The van der Waals surface area contributed by atoms with Gasteiger partial charge in [0.2, 0.25) is 5.91 Å². The highest BCUT2D eigenvalue weighted by atomic mass is 31.2. The quantitative estimate of drug-likeness (QED) is 0.0239. The molecule has 0 aromatic rings. The Morgan fingerprint density at radius 2 is 0.931 bits per heavy atom. The number of rotatable bonds is 46. The highest BCUT2D eigenvalue weighted by Gasteiger charge is 2.23. The largest absolute Gasteiger partial charge is 0.472 e. The first-order chi connectivity index (χ1) is 28.3. The number of esters is 1. The molecule has 1 amide bonds. The van der Waals surface area contributed by atoms with Gasteiger partial charge in [-0.1, -0.05) is 205 Å². The van der Waals surface area contributed by atoms with Gasteiger partial charge in [0.15, 0.2) is 0 Å². The lowest BCUT2D eigenvalue weighted by molar-refractivity contribution is -0.147. The third-order valence-electron chi connectivity index (χ3n) is 10.6. The van der Waals surface area contributed by atoms with Crippen LogP contribution in [-0.4, -0.2) is 54.3 Å². The Hall–Kier alpha value is -1.51. The van der Waals surface area contributed by atoms with E-state index in [9.17, 15) is 24.2 Å². The SMILES string of the molecule is CCCCC/C=C\C/C=C\CCCCCCCCCCCCCC(=O)OCC(O)COP(=O)(O)OCCNC(=O)CCCCCCCCCCCCCCCCCC. The second-order valence-electron chi connectivity index (χ2n) is 16.4. The molecule has 0 heterocycles. The first-order valence-electron chi connectivity index (χ1n) is 24.3. The lowest BCUT2D eigenvalue weighted by Crippen LogP contribution is -2.27. The number of carbonyl (C=O) groups excluding carboxylic acids is 2. The molecule has 0 aromatic heterocycles. The predicted octanol–water partition coefficient (Wildman–Crippen LogP) is 13.9. The van der Waals surface area contributed by atoms with Gasteiger partial charge < -0.3 is 20.1 Å². The van der Waals surface area contributed by atoms with E-state index in [1.807, 2.05) is 0 Å². The van der Waals surface area contributed by atoms with Crippen LogP contribution >= 0.6 is 7.82 Å². The number of nitrogens with one attached hydrogen (secondary N) is 1. The molecule has 0 rings (SSSR count). The summed E-state index contributed by atoms with van der Waals surface area (Å²) in [6.07, 6.45) is 49.6. The first-order valence-corrected chi connectivity index (χ1v) is 25.8. The van der Waals surface area contributed by atoms with Crippen molar-refractivity contribution in [3.8, 4) is 0 Å². The van der Waals surface area contributed by atoms with Gasteiger partial charge in [0.25, 0.3) is 0 Å². The Morgan fingerprint density at radius 3 is 1.41 bits per heavy atom. The number of ether oxygens (including phenoxy) is 1. The number of aliphatic hydroxyl groups excluding tert-OH is 1. The number of amides is 1. The molecule has 342 valence electrons. The van der Waals surface area contributed by atoms with Crippen molar-refractivity contribution in [2.75, 3.05) is 26.4 Å². The summed E-state index contributed by atoms with van der Waals surface area (Å²) >= 11 is 0. The van der Waals surface area contributed by atoms with Crippen molar-refractivity contribution >= 4 is 19.7 Å². The van der Waals surface area contributed by atoms with Crippen molar-refractivity contribution in [1.29, 1.82) is 0 Å². The summed E-state index contributed by atoms with van der Waals surface area (Å²) in [4.78, 5) is 34.0.